The lowest BCUT2D eigenvalue weighted by Gasteiger charge is -2.22. The number of nitrogens with one attached hydrogen (secondary N) is 3. The molecule has 6 nitrogen and oxygen atoms in total. The molecule has 0 radical (unpaired) electrons. The topological polar surface area (TPSA) is 86.9 Å². The molecule has 1 heterocycles. The molecule has 8 heteroatoms. The fourth-order valence-corrected chi connectivity index (χ4v) is 5.20. The van der Waals surface area contributed by atoms with Crippen molar-refractivity contribution in [3.63, 3.8) is 0 Å². The number of hydrazine groups is 1. The van der Waals surface area contributed by atoms with Crippen LogP contribution in [-0.2, 0) is 16.6 Å². The van der Waals surface area contributed by atoms with Gasteiger partial charge < -0.3 is 4.98 Å². The van der Waals surface area contributed by atoms with E-state index in [-0.39, 0.29) is 11.8 Å². The summed E-state index contributed by atoms with van der Waals surface area (Å²) >= 11 is 0. The standard InChI is InChI=1S/C20H23FN4O2S/c21-19-16(14-7-3-1-4-8-14)11-18-20(23-13-22-18)17(19)12-24-25-28(26,27)15-9-5-2-6-10-15/h1,3-4,7-8,11,13,15,24-25H,2,5-6,9-10,12H2,(H,22,23). The van der Waals surface area contributed by atoms with Crippen molar-refractivity contribution in [2.45, 2.75) is 43.9 Å². The predicted octanol–water partition coefficient (Wildman–Crippen LogP) is 3.63. The normalized spacial score (nSPS) is 15.9. The molecule has 2 aromatic carbocycles. The summed E-state index contributed by atoms with van der Waals surface area (Å²) in [5, 5.41) is -0.389. The van der Waals surface area contributed by atoms with Crippen LogP contribution in [0.3, 0.4) is 0 Å². The van der Waals surface area contributed by atoms with Crippen LogP contribution >= 0.6 is 0 Å². The lowest BCUT2D eigenvalue weighted by atomic mass is 10.0. The maximum Gasteiger partial charge on any atom is 0.227 e. The Labute approximate surface area is 163 Å². The number of benzene rings is 2. The molecular weight excluding hydrogens is 379 g/mol. The van der Waals surface area contributed by atoms with Crippen molar-refractivity contribution in [1.82, 2.24) is 20.2 Å². The third-order valence-corrected chi connectivity index (χ3v) is 7.08. The Morgan fingerprint density at radius 1 is 1.14 bits per heavy atom. The maximum absolute atomic E-state index is 15.3. The van der Waals surface area contributed by atoms with Gasteiger partial charge in [0.15, 0.2) is 0 Å². The van der Waals surface area contributed by atoms with Gasteiger partial charge in [-0.2, -0.15) is 4.83 Å². The van der Waals surface area contributed by atoms with Gasteiger partial charge in [0.05, 0.1) is 22.6 Å². The van der Waals surface area contributed by atoms with Gasteiger partial charge in [-0.25, -0.2) is 23.2 Å². The van der Waals surface area contributed by atoms with Crippen LogP contribution in [0.2, 0.25) is 0 Å². The summed E-state index contributed by atoms with van der Waals surface area (Å²) in [5.74, 6) is -0.407. The van der Waals surface area contributed by atoms with E-state index in [1.807, 2.05) is 30.3 Å². The van der Waals surface area contributed by atoms with Crippen molar-refractivity contribution in [2.24, 2.45) is 0 Å². The summed E-state index contributed by atoms with van der Waals surface area (Å²) in [6.45, 7) is -0.000188. The molecule has 1 aliphatic carbocycles. The Balaban J connectivity index is 1.58. The summed E-state index contributed by atoms with van der Waals surface area (Å²) in [5.41, 5.74) is 5.42. The first-order valence-corrected chi connectivity index (χ1v) is 11.0. The summed E-state index contributed by atoms with van der Waals surface area (Å²) < 4.78 is 40.2. The summed E-state index contributed by atoms with van der Waals surface area (Å²) in [6.07, 6.45) is 5.76. The lowest BCUT2D eigenvalue weighted by molar-refractivity contribution is 0.468. The molecule has 0 aliphatic heterocycles. The Kier molecular flexibility index (Phi) is 5.43. The number of hydrogen-bond donors (Lipinski definition) is 3. The number of aromatic nitrogens is 2. The molecule has 28 heavy (non-hydrogen) atoms. The molecule has 1 aromatic heterocycles. The SMILES string of the molecule is O=S(=O)(NNCc1c(F)c(-c2ccccc2)cc2[nH]cnc12)C1CCCCC1. The minimum absolute atomic E-state index is 0.000188. The fourth-order valence-electron chi connectivity index (χ4n) is 3.80. The molecule has 0 saturated heterocycles. The van der Waals surface area contributed by atoms with Gasteiger partial charge in [-0.1, -0.05) is 49.6 Å². The number of nitrogens with zero attached hydrogens (tertiary/aromatic N) is 1. The van der Waals surface area contributed by atoms with Crippen molar-refractivity contribution in [3.05, 3.63) is 54.1 Å². The minimum atomic E-state index is -3.48. The Bertz CT molecular complexity index is 1060. The maximum atomic E-state index is 15.3. The van der Waals surface area contributed by atoms with Crippen LogP contribution in [0.15, 0.2) is 42.7 Å². The quantitative estimate of drug-likeness (QED) is 0.550. The molecular formula is C20H23FN4O2S. The van der Waals surface area contributed by atoms with Gasteiger partial charge in [-0.15, -0.1) is 0 Å². The number of imidazole rings is 1. The van der Waals surface area contributed by atoms with Crippen molar-refractivity contribution >= 4 is 21.1 Å². The van der Waals surface area contributed by atoms with Crippen LogP contribution in [0.4, 0.5) is 4.39 Å². The molecule has 148 valence electrons. The van der Waals surface area contributed by atoms with Gasteiger partial charge in [-0.05, 0) is 24.5 Å². The van der Waals surface area contributed by atoms with Gasteiger partial charge in [0.1, 0.15) is 5.82 Å². The number of sulfonamides is 1. The third-order valence-electron chi connectivity index (χ3n) is 5.30. The van der Waals surface area contributed by atoms with E-state index >= 15 is 4.39 Å². The number of hydrogen-bond acceptors (Lipinski definition) is 4. The Hall–Kier alpha value is -2.29. The fraction of sp³-hybridized carbons (Fsp3) is 0.350. The van der Waals surface area contributed by atoms with E-state index in [4.69, 9.17) is 0 Å². The van der Waals surface area contributed by atoms with Gasteiger partial charge in [0.2, 0.25) is 10.0 Å². The van der Waals surface area contributed by atoms with E-state index in [0.717, 1.165) is 24.8 Å². The molecule has 3 N–H and O–H groups in total. The van der Waals surface area contributed by atoms with Crippen molar-refractivity contribution in [3.8, 4) is 11.1 Å². The van der Waals surface area contributed by atoms with Gasteiger partial charge >= 0.3 is 0 Å². The van der Waals surface area contributed by atoms with Gasteiger partial charge in [0.25, 0.3) is 0 Å². The Morgan fingerprint density at radius 3 is 2.64 bits per heavy atom. The summed E-state index contributed by atoms with van der Waals surface area (Å²) in [7, 11) is -3.48. The first kappa shape index (κ1) is 19.0. The highest BCUT2D eigenvalue weighted by molar-refractivity contribution is 7.90. The molecule has 3 aromatic rings. The van der Waals surface area contributed by atoms with Gasteiger partial charge in [-0.3, -0.25) is 0 Å². The average molecular weight is 402 g/mol. The highest BCUT2D eigenvalue weighted by Gasteiger charge is 2.27. The highest BCUT2D eigenvalue weighted by atomic mass is 32.2. The first-order chi connectivity index (χ1) is 13.6. The molecule has 0 atom stereocenters. The summed E-state index contributed by atoms with van der Waals surface area (Å²) in [4.78, 5) is 9.66. The average Bonchev–Trinajstić information content (AvgIpc) is 3.19. The van der Waals surface area contributed by atoms with Crippen LogP contribution < -0.4 is 10.3 Å². The summed E-state index contributed by atoms with van der Waals surface area (Å²) in [6, 6.07) is 11.0. The van der Waals surface area contributed by atoms with E-state index in [2.05, 4.69) is 20.2 Å². The van der Waals surface area contributed by atoms with Crippen LogP contribution in [0.5, 0.6) is 0 Å². The molecule has 0 unspecified atom stereocenters. The van der Waals surface area contributed by atoms with E-state index in [1.165, 1.54) is 6.33 Å². The number of aromatic amines is 1. The smallest absolute Gasteiger partial charge is 0.227 e. The van der Waals surface area contributed by atoms with E-state index in [1.54, 1.807) is 6.07 Å². The third kappa shape index (κ3) is 3.80. The number of rotatable bonds is 6. The van der Waals surface area contributed by atoms with Crippen LogP contribution in [0.1, 0.15) is 37.7 Å². The minimum Gasteiger partial charge on any atom is -0.345 e. The molecule has 4 rings (SSSR count). The zero-order valence-electron chi connectivity index (χ0n) is 15.4. The van der Waals surface area contributed by atoms with Crippen LogP contribution in [-0.4, -0.2) is 23.6 Å². The van der Waals surface area contributed by atoms with E-state index in [0.29, 0.717) is 35.0 Å². The second kappa shape index (κ2) is 7.98. The second-order valence-electron chi connectivity index (χ2n) is 7.14. The zero-order valence-corrected chi connectivity index (χ0v) is 16.2. The zero-order chi connectivity index (χ0) is 19.6. The molecule has 0 spiro atoms. The molecule has 0 amide bonds. The Morgan fingerprint density at radius 2 is 1.89 bits per heavy atom. The largest absolute Gasteiger partial charge is 0.345 e. The van der Waals surface area contributed by atoms with Crippen LogP contribution in [0, 0.1) is 5.82 Å². The molecule has 1 fully saturated rings. The lowest BCUT2D eigenvalue weighted by Crippen LogP contribution is -2.43. The number of H-pyrrole nitrogens is 1. The van der Waals surface area contributed by atoms with Crippen molar-refractivity contribution in [2.75, 3.05) is 0 Å². The molecule has 0 bridgehead atoms. The van der Waals surface area contributed by atoms with E-state index in [9.17, 15) is 8.42 Å². The van der Waals surface area contributed by atoms with Crippen molar-refractivity contribution < 1.29 is 12.8 Å². The number of fused-ring (bicyclic) bond motifs is 1. The second-order valence-corrected chi connectivity index (χ2v) is 9.10. The van der Waals surface area contributed by atoms with E-state index < -0.39 is 15.8 Å². The highest BCUT2D eigenvalue weighted by Crippen LogP contribution is 2.30. The van der Waals surface area contributed by atoms with Crippen molar-refractivity contribution in [1.29, 1.82) is 0 Å². The predicted molar refractivity (Wildman–Crippen MR) is 107 cm³/mol. The monoisotopic (exact) mass is 402 g/mol. The number of halogens is 1. The van der Waals surface area contributed by atoms with Crippen LogP contribution in [0.25, 0.3) is 22.2 Å². The molecule has 1 aliphatic rings. The van der Waals surface area contributed by atoms with Gasteiger partial charge in [0, 0.05) is 17.7 Å². The molecule has 1 saturated carbocycles. The first-order valence-electron chi connectivity index (χ1n) is 9.49.